The van der Waals surface area contributed by atoms with Gasteiger partial charge in [0.05, 0.1) is 12.8 Å². The molecule has 3 amide bonds. The van der Waals surface area contributed by atoms with Crippen molar-refractivity contribution in [2.45, 2.75) is 32.6 Å². The van der Waals surface area contributed by atoms with E-state index in [1.807, 2.05) is 4.90 Å². The minimum absolute atomic E-state index is 0.0952. The zero-order valence-electron chi connectivity index (χ0n) is 16.0. The molecule has 3 rings (SSSR count). The first-order valence-corrected chi connectivity index (χ1v) is 9.53. The molecule has 0 radical (unpaired) electrons. The fourth-order valence-electron chi connectivity index (χ4n) is 3.57. The molecule has 0 spiro atoms. The zero-order chi connectivity index (χ0) is 19.4. The van der Waals surface area contributed by atoms with Crippen molar-refractivity contribution in [1.82, 2.24) is 9.80 Å². The van der Waals surface area contributed by atoms with Crippen molar-refractivity contribution in [2.75, 3.05) is 38.6 Å². The number of carbonyl (C=O) groups is 3. The van der Waals surface area contributed by atoms with E-state index in [1.54, 1.807) is 23.1 Å². The van der Waals surface area contributed by atoms with Gasteiger partial charge in [-0.3, -0.25) is 14.4 Å². The van der Waals surface area contributed by atoms with E-state index in [2.05, 4.69) is 5.32 Å². The quantitative estimate of drug-likeness (QED) is 0.877. The van der Waals surface area contributed by atoms with E-state index in [0.29, 0.717) is 43.2 Å². The van der Waals surface area contributed by atoms with E-state index >= 15 is 0 Å². The van der Waals surface area contributed by atoms with Gasteiger partial charge in [-0.05, 0) is 37.5 Å². The summed E-state index contributed by atoms with van der Waals surface area (Å²) >= 11 is 0. The van der Waals surface area contributed by atoms with E-state index in [-0.39, 0.29) is 23.6 Å². The lowest BCUT2D eigenvalue weighted by Crippen LogP contribution is -2.41. The molecule has 1 heterocycles. The van der Waals surface area contributed by atoms with Crippen molar-refractivity contribution in [3.05, 3.63) is 23.8 Å². The number of rotatable bonds is 4. The van der Waals surface area contributed by atoms with Crippen LogP contribution in [0.3, 0.4) is 0 Å². The molecular formula is C20H27N3O4. The van der Waals surface area contributed by atoms with Crippen molar-refractivity contribution in [2.24, 2.45) is 5.92 Å². The fraction of sp³-hybridized carbons (Fsp3) is 0.550. The summed E-state index contributed by atoms with van der Waals surface area (Å²) in [7, 11) is 1.52. The Morgan fingerprint density at radius 1 is 1.04 bits per heavy atom. The molecule has 2 aliphatic rings. The van der Waals surface area contributed by atoms with Crippen LogP contribution in [0.15, 0.2) is 18.2 Å². The van der Waals surface area contributed by atoms with Crippen LogP contribution in [-0.2, 0) is 9.59 Å². The minimum atomic E-state index is -0.224. The average Bonchev–Trinajstić information content (AvgIpc) is 2.85. The molecule has 1 aromatic rings. The average molecular weight is 373 g/mol. The number of anilines is 1. The number of ether oxygens (including phenoxy) is 1. The maximum atomic E-state index is 12.9. The number of hydrogen-bond acceptors (Lipinski definition) is 4. The number of amides is 3. The van der Waals surface area contributed by atoms with Crippen molar-refractivity contribution in [3.63, 3.8) is 0 Å². The number of methoxy groups -OCH3 is 1. The number of carbonyl (C=O) groups excluding carboxylic acids is 3. The third-order valence-corrected chi connectivity index (χ3v) is 5.31. The summed E-state index contributed by atoms with van der Waals surface area (Å²) in [6.45, 7) is 3.85. The summed E-state index contributed by atoms with van der Waals surface area (Å²) in [5, 5.41) is 2.69. The largest absolute Gasteiger partial charge is 0.495 e. The molecule has 146 valence electrons. The highest BCUT2D eigenvalue weighted by Crippen LogP contribution is 2.29. The fourth-order valence-corrected chi connectivity index (χ4v) is 3.57. The van der Waals surface area contributed by atoms with Crippen molar-refractivity contribution < 1.29 is 19.1 Å². The maximum Gasteiger partial charge on any atom is 0.253 e. The number of hydrogen-bond donors (Lipinski definition) is 1. The van der Waals surface area contributed by atoms with Gasteiger partial charge in [0.15, 0.2) is 0 Å². The number of nitrogens with zero attached hydrogens (tertiary/aromatic N) is 2. The van der Waals surface area contributed by atoms with Crippen LogP contribution in [-0.4, -0.2) is 60.8 Å². The van der Waals surface area contributed by atoms with Crippen molar-refractivity contribution in [1.29, 1.82) is 0 Å². The lowest BCUT2D eigenvalue weighted by atomic mass is 9.84. The Morgan fingerprint density at radius 2 is 1.74 bits per heavy atom. The van der Waals surface area contributed by atoms with Crippen LogP contribution in [0, 0.1) is 5.92 Å². The molecule has 0 unspecified atom stereocenters. The van der Waals surface area contributed by atoms with Crippen molar-refractivity contribution in [3.8, 4) is 5.75 Å². The smallest absolute Gasteiger partial charge is 0.253 e. The normalized spacial score (nSPS) is 17.7. The van der Waals surface area contributed by atoms with Crippen molar-refractivity contribution >= 4 is 23.4 Å². The highest BCUT2D eigenvalue weighted by molar-refractivity contribution is 5.98. The van der Waals surface area contributed by atoms with Gasteiger partial charge < -0.3 is 19.9 Å². The summed E-state index contributed by atoms with van der Waals surface area (Å²) in [5.41, 5.74) is 0.978. The predicted octanol–water partition coefficient (Wildman–Crippen LogP) is 2.13. The third kappa shape index (κ3) is 4.40. The SMILES string of the molecule is COc1ccc(C(=O)N2CCCN(C(=O)C3CCC3)CC2)cc1NC(C)=O. The van der Waals surface area contributed by atoms with Gasteiger partial charge in [-0.25, -0.2) is 0 Å². The molecule has 0 aromatic heterocycles. The van der Waals surface area contributed by atoms with E-state index in [9.17, 15) is 14.4 Å². The first kappa shape index (κ1) is 19.2. The van der Waals surface area contributed by atoms with Gasteiger partial charge in [0.25, 0.3) is 5.91 Å². The lowest BCUT2D eigenvalue weighted by molar-refractivity contribution is -0.138. The molecule has 0 bridgehead atoms. The molecule has 2 fully saturated rings. The van der Waals surface area contributed by atoms with E-state index < -0.39 is 0 Å². The summed E-state index contributed by atoms with van der Waals surface area (Å²) in [4.78, 5) is 40.5. The Bertz CT molecular complexity index is 730. The summed E-state index contributed by atoms with van der Waals surface area (Å²) in [6, 6.07) is 5.03. The highest BCUT2D eigenvalue weighted by atomic mass is 16.5. The van der Waals surface area contributed by atoms with Gasteiger partial charge in [-0.2, -0.15) is 0 Å². The minimum Gasteiger partial charge on any atom is -0.495 e. The summed E-state index contributed by atoms with van der Waals surface area (Å²) in [5.74, 6) is 0.622. The van der Waals surface area contributed by atoms with E-state index in [4.69, 9.17) is 4.74 Å². The summed E-state index contributed by atoms with van der Waals surface area (Å²) in [6.07, 6.45) is 3.91. The van der Waals surface area contributed by atoms with Gasteiger partial charge in [0, 0.05) is 44.6 Å². The second-order valence-electron chi connectivity index (χ2n) is 7.20. The summed E-state index contributed by atoms with van der Waals surface area (Å²) < 4.78 is 5.24. The van der Waals surface area contributed by atoms with Crippen LogP contribution in [0.25, 0.3) is 0 Å². The van der Waals surface area contributed by atoms with Gasteiger partial charge in [-0.15, -0.1) is 0 Å². The molecule has 1 aromatic carbocycles. The van der Waals surface area contributed by atoms with Crippen LogP contribution in [0.2, 0.25) is 0 Å². The standard InChI is InChI=1S/C20H27N3O4/c1-14(24)21-17-13-16(7-8-18(17)27-2)20(26)23-10-4-9-22(11-12-23)19(25)15-5-3-6-15/h7-8,13,15H,3-6,9-12H2,1-2H3,(H,21,24). The third-order valence-electron chi connectivity index (χ3n) is 5.31. The predicted molar refractivity (Wildman–Crippen MR) is 102 cm³/mol. The molecule has 0 atom stereocenters. The Kier molecular flexibility index (Phi) is 5.98. The molecule has 7 heteroatoms. The topological polar surface area (TPSA) is 79.0 Å². The first-order chi connectivity index (χ1) is 13.0. The molecule has 1 aliphatic heterocycles. The highest BCUT2D eigenvalue weighted by Gasteiger charge is 2.31. The van der Waals surface area contributed by atoms with Gasteiger partial charge in [-0.1, -0.05) is 6.42 Å². The van der Waals surface area contributed by atoms with E-state index in [1.165, 1.54) is 14.0 Å². The van der Waals surface area contributed by atoms with E-state index in [0.717, 1.165) is 25.7 Å². The van der Waals surface area contributed by atoms with Gasteiger partial charge >= 0.3 is 0 Å². The zero-order valence-corrected chi connectivity index (χ0v) is 16.0. The van der Waals surface area contributed by atoms with Crippen LogP contribution >= 0.6 is 0 Å². The number of benzene rings is 1. The Hall–Kier alpha value is -2.57. The second-order valence-corrected chi connectivity index (χ2v) is 7.20. The Labute approximate surface area is 159 Å². The van der Waals surface area contributed by atoms with Gasteiger partial charge in [0.2, 0.25) is 11.8 Å². The number of nitrogens with one attached hydrogen (secondary N) is 1. The molecule has 7 nitrogen and oxygen atoms in total. The van der Waals surface area contributed by atoms with Crippen LogP contribution in [0.4, 0.5) is 5.69 Å². The van der Waals surface area contributed by atoms with Crippen LogP contribution in [0.5, 0.6) is 5.75 Å². The first-order valence-electron chi connectivity index (χ1n) is 9.53. The monoisotopic (exact) mass is 373 g/mol. The molecular weight excluding hydrogens is 346 g/mol. The van der Waals surface area contributed by atoms with Crippen LogP contribution in [0.1, 0.15) is 43.0 Å². The molecule has 1 saturated carbocycles. The second kappa shape index (κ2) is 8.41. The Balaban J connectivity index is 1.68. The Morgan fingerprint density at radius 3 is 2.37 bits per heavy atom. The molecule has 27 heavy (non-hydrogen) atoms. The molecule has 1 aliphatic carbocycles. The molecule has 1 N–H and O–H groups in total. The lowest BCUT2D eigenvalue weighted by Gasteiger charge is -2.31. The maximum absolute atomic E-state index is 12.9. The molecule has 1 saturated heterocycles. The van der Waals surface area contributed by atoms with Crippen LogP contribution < -0.4 is 10.1 Å². The van der Waals surface area contributed by atoms with Gasteiger partial charge in [0.1, 0.15) is 5.75 Å².